The number of nitrogens with zero attached hydrogens (tertiary/aromatic N) is 2. The highest BCUT2D eigenvalue weighted by Gasteiger charge is 2.09. The molecular weight excluding hydrogens is 273 g/mol. The van der Waals surface area contributed by atoms with E-state index < -0.39 is 5.97 Å². The number of rotatable bonds is 5. The molecule has 0 bridgehead atoms. The van der Waals surface area contributed by atoms with Crippen LogP contribution >= 0.6 is 0 Å². The molecule has 110 valence electrons. The van der Waals surface area contributed by atoms with Crippen LogP contribution in [0.15, 0.2) is 24.4 Å². The van der Waals surface area contributed by atoms with Gasteiger partial charge in [0.2, 0.25) is 5.95 Å². The highest BCUT2D eigenvalue weighted by molar-refractivity contribution is 5.88. The van der Waals surface area contributed by atoms with Gasteiger partial charge in [0.15, 0.2) is 0 Å². The van der Waals surface area contributed by atoms with Crippen LogP contribution in [-0.4, -0.2) is 27.6 Å². The summed E-state index contributed by atoms with van der Waals surface area (Å²) in [4.78, 5) is 18.9. The Morgan fingerprint density at radius 1 is 1.38 bits per heavy atom. The second-order valence-corrected chi connectivity index (χ2v) is 4.75. The Bertz CT molecular complexity index is 674. The molecule has 0 aliphatic carbocycles. The lowest BCUT2D eigenvalue weighted by molar-refractivity contribution is 0.0695. The fourth-order valence-corrected chi connectivity index (χ4v) is 2.01. The molecule has 0 unspecified atom stereocenters. The zero-order chi connectivity index (χ0) is 15.4. The third kappa shape index (κ3) is 3.75. The van der Waals surface area contributed by atoms with Crippen molar-refractivity contribution < 1.29 is 14.3 Å². The molecular formula is C15H16FN3O2. The summed E-state index contributed by atoms with van der Waals surface area (Å²) in [5.74, 6) is -0.898. The first-order chi connectivity index (χ1) is 9.97. The SMILES string of the molecule is Cc1cc(F)ccc1CCNc1ncc(C(=O)O)c(C)n1. The molecule has 0 aliphatic heterocycles. The molecule has 1 heterocycles. The topological polar surface area (TPSA) is 75.1 Å². The van der Waals surface area contributed by atoms with Crippen LogP contribution < -0.4 is 5.32 Å². The molecule has 2 aromatic rings. The van der Waals surface area contributed by atoms with Gasteiger partial charge in [-0.3, -0.25) is 0 Å². The molecule has 0 spiro atoms. The van der Waals surface area contributed by atoms with Gasteiger partial charge in [0.05, 0.1) is 11.3 Å². The van der Waals surface area contributed by atoms with E-state index in [2.05, 4.69) is 15.3 Å². The molecule has 6 heteroatoms. The van der Waals surface area contributed by atoms with Crippen molar-refractivity contribution in [3.63, 3.8) is 0 Å². The summed E-state index contributed by atoms with van der Waals surface area (Å²) in [5, 5.41) is 11.9. The molecule has 0 fully saturated rings. The number of carboxylic acid groups (broad SMARTS) is 1. The zero-order valence-electron chi connectivity index (χ0n) is 11.9. The summed E-state index contributed by atoms with van der Waals surface area (Å²) in [6.07, 6.45) is 1.99. The average Bonchev–Trinajstić information content (AvgIpc) is 2.41. The summed E-state index contributed by atoms with van der Waals surface area (Å²) in [6, 6.07) is 4.69. The monoisotopic (exact) mass is 289 g/mol. The van der Waals surface area contributed by atoms with Crippen molar-refractivity contribution in [1.82, 2.24) is 9.97 Å². The maximum Gasteiger partial charge on any atom is 0.339 e. The first-order valence-electron chi connectivity index (χ1n) is 6.53. The second-order valence-electron chi connectivity index (χ2n) is 4.75. The Hall–Kier alpha value is -2.50. The van der Waals surface area contributed by atoms with Crippen molar-refractivity contribution in [1.29, 1.82) is 0 Å². The van der Waals surface area contributed by atoms with Crippen LogP contribution in [0.4, 0.5) is 10.3 Å². The summed E-state index contributed by atoms with van der Waals surface area (Å²) >= 11 is 0. The van der Waals surface area contributed by atoms with Gasteiger partial charge in [-0.25, -0.2) is 19.2 Å². The number of hydrogen-bond donors (Lipinski definition) is 2. The van der Waals surface area contributed by atoms with E-state index in [4.69, 9.17) is 5.11 Å². The molecule has 1 aromatic heterocycles. The maximum absolute atomic E-state index is 13.0. The van der Waals surface area contributed by atoms with Crippen LogP contribution in [0.2, 0.25) is 0 Å². The van der Waals surface area contributed by atoms with Crippen LogP contribution in [0, 0.1) is 19.7 Å². The summed E-state index contributed by atoms with van der Waals surface area (Å²) < 4.78 is 13.0. The molecule has 0 radical (unpaired) electrons. The number of anilines is 1. The van der Waals surface area contributed by atoms with Gasteiger partial charge < -0.3 is 10.4 Å². The molecule has 2 N–H and O–H groups in total. The fourth-order valence-electron chi connectivity index (χ4n) is 2.01. The van der Waals surface area contributed by atoms with Gasteiger partial charge in [0, 0.05) is 12.7 Å². The number of aryl methyl sites for hydroxylation is 2. The van der Waals surface area contributed by atoms with E-state index >= 15 is 0 Å². The normalized spacial score (nSPS) is 10.4. The largest absolute Gasteiger partial charge is 0.478 e. The smallest absolute Gasteiger partial charge is 0.339 e. The van der Waals surface area contributed by atoms with E-state index in [1.165, 1.54) is 18.3 Å². The molecule has 21 heavy (non-hydrogen) atoms. The van der Waals surface area contributed by atoms with E-state index in [1.807, 2.05) is 6.92 Å². The quantitative estimate of drug-likeness (QED) is 0.885. The molecule has 0 saturated carbocycles. The van der Waals surface area contributed by atoms with E-state index in [9.17, 15) is 9.18 Å². The fraction of sp³-hybridized carbons (Fsp3) is 0.267. The second kappa shape index (κ2) is 6.30. The summed E-state index contributed by atoms with van der Waals surface area (Å²) in [7, 11) is 0. The van der Waals surface area contributed by atoms with Crippen LogP contribution in [0.1, 0.15) is 27.2 Å². The van der Waals surface area contributed by atoms with Crippen LogP contribution in [0.25, 0.3) is 0 Å². The minimum atomic E-state index is -1.04. The molecule has 5 nitrogen and oxygen atoms in total. The van der Waals surface area contributed by atoms with Crippen molar-refractivity contribution in [3.05, 3.63) is 52.6 Å². The zero-order valence-corrected chi connectivity index (χ0v) is 11.9. The van der Waals surface area contributed by atoms with Gasteiger partial charge in [-0.05, 0) is 43.5 Å². The van der Waals surface area contributed by atoms with Crippen LogP contribution in [0.5, 0.6) is 0 Å². The Morgan fingerprint density at radius 2 is 2.14 bits per heavy atom. The Morgan fingerprint density at radius 3 is 2.76 bits per heavy atom. The summed E-state index contributed by atoms with van der Waals surface area (Å²) in [6.45, 7) is 4.07. The third-order valence-electron chi connectivity index (χ3n) is 3.19. The van der Waals surface area contributed by atoms with Crippen LogP contribution in [0.3, 0.4) is 0 Å². The number of benzene rings is 1. The number of halogens is 1. The van der Waals surface area contributed by atoms with E-state index in [0.29, 0.717) is 24.6 Å². The molecule has 0 aliphatic rings. The van der Waals surface area contributed by atoms with Gasteiger partial charge in [-0.15, -0.1) is 0 Å². The van der Waals surface area contributed by atoms with Gasteiger partial charge >= 0.3 is 5.97 Å². The number of aromatic carboxylic acids is 1. The minimum absolute atomic E-state index is 0.0925. The van der Waals surface area contributed by atoms with Gasteiger partial charge in [-0.1, -0.05) is 6.07 Å². The number of aromatic nitrogens is 2. The van der Waals surface area contributed by atoms with Crippen molar-refractivity contribution in [3.8, 4) is 0 Å². The maximum atomic E-state index is 13.0. The Labute approximate surface area is 121 Å². The van der Waals surface area contributed by atoms with Crippen molar-refractivity contribution in [2.45, 2.75) is 20.3 Å². The molecule has 2 rings (SSSR count). The highest BCUT2D eigenvalue weighted by atomic mass is 19.1. The van der Waals surface area contributed by atoms with Crippen molar-refractivity contribution in [2.24, 2.45) is 0 Å². The lowest BCUT2D eigenvalue weighted by atomic mass is 10.1. The predicted molar refractivity (Wildman–Crippen MR) is 77.1 cm³/mol. The Kier molecular flexibility index (Phi) is 4.47. The number of hydrogen-bond acceptors (Lipinski definition) is 4. The van der Waals surface area contributed by atoms with Crippen molar-refractivity contribution in [2.75, 3.05) is 11.9 Å². The Balaban J connectivity index is 1.97. The standard InChI is InChI=1S/C15H16FN3O2/c1-9-7-12(16)4-3-11(9)5-6-17-15-18-8-13(14(20)21)10(2)19-15/h3-4,7-8H,5-6H2,1-2H3,(H,20,21)(H,17,18,19). The van der Waals surface area contributed by atoms with Gasteiger partial charge in [-0.2, -0.15) is 0 Å². The first-order valence-corrected chi connectivity index (χ1v) is 6.53. The minimum Gasteiger partial charge on any atom is -0.478 e. The molecule has 0 saturated heterocycles. The predicted octanol–water partition coefficient (Wildman–Crippen LogP) is 2.59. The molecule has 1 aromatic carbocycles. The van der Waals surface area contributed by atoms with Gasteiger partial charge in [0.25, 0.3) is 0 Å². The first kappa shape index (κ1) is 14.9. The van der Waals surface area contributed by atoms with Crippen molar-refractivity contribution >= 4 is 11.9 Å². The van der Waals surface area contributed by atoms with E-state index in [1.54, 1.807) is 13.0 Å². The average molecular weight is 289 g/mol. The number of nitrogens with one attached hydrogen (secondary N) is 1. The van der Waals surface area contributed by atoms with E-state index in [0.717, 1.165) is 11.1 Å². The third-order valence-corrected chi connectivity index (χ3v) is 3.19. The lowest BCUT2D eigenvalue weighted by Crippen LogP contribution is -2.11. The number of carboxylic acids is 1. The van der Waals surface area contributed by atoms with E-state index in [-0.39, 0.29) is 11.4 Å². The highest BCUT2D eigenvalue weighted by Crippen LogP contribution is 2.11. The van der Waals surface area contributed by atoms with Gasteiger partial charge in [0.1, 0.15) is 5.82 Å². The number of carbonyl (C=O) groups is 1. The summed E-state index contributed by atoms with van der Waals surface area (Å²) in [5.41, 5.74) is 2.45. The molecule has 0 atom stereocenters. The lowest BCUT2D eigenvalue weighted by Gasteiger charge is -2.08. The van der Waals surface area contributed by atoms with Crippen LogP contribution in [-0.2, 0) is 6.42 Å². The molecule has 0 amide bonds.